The standard InChI is InChI=1S/C20H17F6NO4/c21-19(22,23)13-8-14(20(24,25)26)10-15(9-13)31-11-18(28)27-4-3-12-1-2-16-17(7-12)30-6-5-29-16/h1-2,7-10H,3-6,11H2,(H,27,28). The summed E-state index contributed by atoms with van der Waals surface area (Å²) < 4.78 is 92.8. The Morgan fingerprint density at radius 2 is 1.52 bits per heavy atom. The van der Waals surface area contributed by atoms with Crippen molar-refractivity contribution < 1.29 is 45.3 Å². The maximum atomic E-state index is 12.8. The van der Waals surface area contributed by atoms with Gasteiger partial charge in [-0.1, -0.05) is 6.07 Å². The van der Waals surface area contributed by atoms with E-state index in [0.717, 1.165) is 5.56 Å². The normalized spacial score (nSPS) is 13.6. The molecule has 1 heterocycles. The lowest BCUT2D eigenvalue weighted by atomic mass is 10.1. The zero-order valence-electron chi connectivity index (χ0n) is 15.9. The molecule has 2 aromatic carbocycles. The van der Waals surface area contributed by atoms with Crippen LogP contribution in [-0.2, 0) is 23.6 Å². The number of amides is 1. The molecule has 0 fully saturated rings. The molecule has 3 rings (SSSR count). The molecule has 1 amide bonds. The van der Waals surface area contributed by atoms with E-state index in [1.165, 1.54) is 0 Å². The van der Waals surface area contributed by atoms with Gasteiger partial charge in [-0.3, -0.25) is 4.79 Å². The summed E-state index contributed by atoms with van der Waals surface area (Å²) in [4.78, 5) is 11.9. The van der Waals surface area contributed by atoms with E-state index in [9.17, 15) is 31.1 Å². The number of halogens is 6. The lowest BCUT2D eigenvalue weighted by molar-refractivity contribution is -0.143. The number of hydrogen-bond donors (Lipinski definition) is 1. The van der Waals surface area contributed by atoms with Crippen LogP contribution in [0.3, 0.4) is 0 Å². The average molecular weight is 449 g/mol. The van der Waals surface area contributed by atoms with Gasteiger partial charge in [-0.25, -0.2) is 0 Å². The molecule has 2 aromatic rings. The fraction of sp³-hybridized carbons (Fsp3) is 0.350. The smallest absolute Gasteiger partial charge is 0.416 e. The predicted molar refractivity (Wildman–Crippen MR) is 96.1 cm³/mol. The maximum Gasteiger partial charge on any atom is 0.416 e. The largest absolute Gasteiger partial charge is 0.486 e. The van der Waals surface area contributed by atoms with E-state index < -0.39 is 41.7 Å². The van der Waals surface area contributed by atoms with Gasteiger partial charge in [-0.05, 0) is 42.3 Å². The average Bonchev–Trinajstić information content (AvgIpc) is 2.70. The van der Waals surface area contributed by atoms with Crippen molar-refractivity contribution in [1.82, 2.24) is 5.32 Å². The molecule has 0 bridgehead atoms. The molecule has 1 N–H and O–H groups in total. The topological polar surface area (TPSA) is 56.8 Å². The van der Waals surface area contributed by atoms with Crippen molar-refractivity contribution in [2.24, 2.45) is 0 Å². The second-order valence-corrected chi connectivity index (χ2v) is 6.61. The second kappa shape index (κ2) is 8.94. The highest BCUT2D eigenvalue weighted by molar-refractivity contribution is 5.77. The molecule has 11 heteroatoms. The van der Waals surface area contributed by atoms with Crippen LogP contribution < -0.4 is 19.5 Å². The van der Waals surface area contributed by atoms with Gasteiger partial charge in [0.15, 0.2) is 18.1 Å². The zero-order valence-corrected chi connectivity index (χ0v) is 15.9. The van der Waals surface area contributed by atoms with Gasteiger partial charge >= 0.3 is 12.4 Å². The quantitative estimate of drug-likeness (QED) is 0.671. The molecule has 1 aliphatic heterocycles. The number of benzene rings is 2. The number of alkyl halides is 6. The first-order valence-electron chi connectivity index (χ1n) is 9.10. The van der Waals surface area contributed by atoms with Gasteiger partial charge in [0.25, 0.3) is 5.91 Å². The third-order valence-corrected chi connectivity index (χ3v) is 4.27. The van der Waals surface area contributed by atoms with Gasteiger partial charge in [0.2, 0.25) is 0 Å². The van der Waals surface area contributed by atoms with Crippen molar-refractivity contribution >= 4 is 5.91 Å². The lowest BCUT2D eigenvalue weighted by Gasteiger charge is -2.19. The number of carbonyl (C=O) groups is 1. The van der Waals surface area contributed by atoms with Gasteiger partial charge < -0.3 is 19.5 Å². The molecule has 5 nitrogen and oxygen atoms in total. The van der Waals surface area contributed by atoms with Crippen molar-refractivity contribution in [2.45, 2.75) is 18.8 Å². The number of carbonyl (C=O) groups excluding carboxylic acids is 1. The highest BCUT2D eigenvalue weighted by Gasteiger charge is 2.37. The number of nitrogens with one attached hydrogen (secondary N) is 1. The molecule has 0 saturated carbocycles. The number of ether oxygens (including phenoxy) is 3. The first-order valence-corrected chi connectivity index (χ1v) is 9.10. The lowest BCUT2D eigenvalue weighted by Crippen LogP contribution is -2.30. The van der Waals surface area contributed by atoms with E-state index in [1.807, 2.05) is 0 Å². The van der Waals surface area contributed by atoms with Crippen LogP contribution in [0.15, 0.2) is 36.4 Å². The second-order valence-electron chi connectivity index (χ2n) is 6.61. The van der Waals surface area contributed by atoms with Crippen LogP contribution in [0, 0.1) is 0 Å². The Labute approximate surface area is 172 Å². The van der Waals surface area contributed by atoms with Crippen LogP contribution in [0.4, 0.5) is 26.3 Å². The summed E-state index contributed by atoms with van der Waals surface area (Å²) in [7, 11) is 0. The van der Waals surface area contributed by atoms with Crippen LogP contribution in [0.2, 0.25) is 0 Å². The molecular formula is C20H17F6NO4. The van der Waals surface area contributed by atoms with Gasteiger partial charge in [0, 0.05) is 6.54 Å². The third-order valence-electron chi connectivity index (χ3n) is 4.27. The van der Waals surface area contributed by atoms with Gasteiger partial charge in [-0.15, -0.1) is 0 Å². The Bertz CT molecular complexity index is 910. The third kappa shape index (κ3) is 6.19. The molecule has 0 unspecified atom stereocenters. The van der Waals surface area contributed by atoms with Crippen molar-refractivity contribution in [3.8, 4) is 17.2 Å². The van der Waals surface area contributed by atoms with Crippen LogP contribution in [-0.4, -0.2) is 32.3 Å². The van der Waals surface area contributed by atoms with Crippen LogP contribution in [0.5, 0.6) is 17.2 Å². The summed E-state index contributed by atoms with van der Waals surface area (Å²) in [6, 6.07) is 6.10. The molecule has 0 spiro atoms. The highest BCUT2D eigenvalue weighted by Crippen LogP contribution is 2.38. The fourth-order valence-corrected chi connectivity index (χ4v) is 2.80. The Morgan fingerprint density at radius 3 is 2.13 bits per heavy atom. The van der Waals surface area contributed by atoms with Crippen molar-refractivity contribution in [3.05, 3.63) is 53.1 Å². The minimum atomic E-state index is -4.99. The Morgan fingerprint density at radius 1 is 0.903 bits per heavy atom. The Balaban J connectivity index is 1.54. The van der Waals surface area contributed by atoms with E-state index in [1.54, 1.807) is 18.2 Å². The monoisotopic (exact) mass is 449 g/mol. The summed E-state index contributed by atoms with van der Waals surface area (Å²) in [5.41, 5.74) is -2.19. The molecular weight excluding hydrogens is 432 g/mol. The van der Waals surface area contributed by atoms with Crippen LogP contribution in [0.25, 0.3) is 0 Å². The van der Waals surface area contributed by atoms with Gasteiger partial charge in [0.1, 0.15) is 19.0 Å². The Kier molecular flexibility index (Phi) is 6.51. The zero-order chi connectivity index (χ0) is 22.6. The van der Waals surface area contributed by atoms with Gasteiger partial charge in [0.05, 0.1) is 11.1 Å². The van der Waals surface area contributed by atoms with E-state index in [0.29, 0.717) is 43.3 Å². The molecule has 1 aliphatic rings. The molecule has 0 atom stereocenters. The van der Waals surface area contributed by atoms with Crippen LogP contribution >= 0.6 is 0 Å². The van der Waals surface area contributed by atoms with Crippen molar-refractivity contribution in [1.29, 1.82) is 0 Å². The molecule has 0 saturated heterocycles. The minimum absolute atomic E-state index is 0.0136. The molecule has 168 valence electrons. The van der Waals surface area contributed by atoms with Crippen LogP contribution in [0.1, 0.15) is 16.7 Å². The van der Waals surface area contributed by atoms with E-state index in [-0.39, 0.29) is 12.6 Å². The SMILES string of the molecule is O=C(COc1cc(C(F)(F)F)cc(C(F)(F)F)c1)NCCc1ccc2c(c1)OCCO2. The molecule has 0 aromatic heterocycles. The summed E-state index contributed by atoms with van der Waals surface area (Å²) in [5, 5.41) is 2.49. The first-order chi connectivity index (χ1) is 14.5. The molecule has 0 aliphatic carbocycles. The van der Waals surface area contributed by atoms with E-state index in [4.69, 9.17) is 14.2 Å². The summed E-state index contributed by atoms with van der Waals surface area (Å²) in [6.45, 7) is 0.326. The summed E-state index contributed by atoms with van der Waals surface area (Å²) >= 11 is 0. The summed E-state index contributed by atoms with van der Waals surface area (Å²) in [6.07, 6.45) is -9.57. The number of hydrogen-bond acceptors (Lipinski definition) is 4. The number of fused-ring (bicyclic) bond motifs is 1. The minimum Gasteiger partial charge on any atom is -0.486 e. The van der Waals surface area contributed by atoms with E-state index in [2.05, 4.69) is 5.32 Å². The summed E-state index contributed by atoms with van der Waals surface area (Å²) in [5.74, 6) is -0.192. The molecule has 31 heavy (non-hydrogen) atoms. The fourth-order valence-electron chi connectivity index (χ4n) is 2.80. The van der Waals surface area contributed by atoms with Crippen molar-refractivity contribution in [2.75, 3.05) is 26.4 Å². The van der Waals surface area contributed by atoms with Gasteiger partial charge in [-0.2, -0.15) is 26.3 Å². The van der Waals surface area contributed by atoms with Crippen molar-refractivity contribution in [3.63, 3.8) is 0 Å². The predicted octanol–water partition coefficient (Wildman–Crippen LogP) is 4.23. The van der Waals surface area contributed by atoms with E-state index >= 15 is 0 Å². The first kappa shape index (κ1) is 22.6. The number of rotatable bonds is 6. The Hall–Kier alpha value is -3.11. The highest BCUT2D eigenvalue weighted by atomic mass is 19.4. The maximum absolute atomic E-state index is 12.8. The molecule has 0 radical (unpaired) electrons.